The van der Waals surface area contributed by atoms with E-state index in [0.717, 1.165) is 36.5 Å². The minimum absolute atomic E-state index is 0.617. The van der Waals surface area contributed by atoms with Crippen molar-refractivity contribution in [1.29, 1.82) is 5.26 Å². The molecule has 0 aromatic heterocycles. The molecule has 0 amide bonds. The molecule has 0 unspecified atom stereocenters. The summed E-state index contributed by atoms with van der Waals surface area (Å²) >= 11 is 0. The Kier molecular flexibility index (Phi) is 11.5. The number of nitrogens with zero attached hydrogens (tertiary/aromatic N) is 1. The smallest absolute Gasteiger partial charge is 0.195 e. The monoisotopic (exact) mass is 451 g/mol. The van der Waals surface area contributed by atoms with Crippen molar-refractivity contribution in [3.05, 3.63) is 47.3 Å². The molecule has 3 rings (SSSR count). The quantitative estimate of drug-likeness (QED) is 0.229. The lowest BCUT2D eigenvalue weighted by Gasteiger charge is -2.30. The van der Waals surface area contributed by atoms with E-state index in [-0.39, 0.29) is 0 Å². The molecule has 0 aliphatic heterocycles. The van der Waals surface area contributed by atoms with Gasteiger partial charge in [0.2, 0.25) is 0 Å². The van der Waals surface area contributed by atoms with E-state index >= 15 is 0 Å². The van der Waals surface area contributed by atoms with Crippen LogP contribution in [0.5, 0.6) is 0 Å². The van der Waals surface area contributed by atoms with E-state index < -0.39 is 5.83 Å². The summed E-state index contributed by atoms with van der Waals surface area (Å²) in [5.74, 6) is 2.80. The van der Waals surface area contributed by atoms with E-state index in [4.69, 9.17) is 5.26 Å². The molecule has 1 nitrogen and oxygen atoms in total. The molecule has 0 heterocycles. The number of allylic oxidation sites excluding steroid dienone is 2. The minimum atomic E-state index is -0.617. The third kappa shape index (κ3) is 9.27. The maximum atomic E-state index is 12.9. The van der Waals surface area contributed by atoms with E-state index in [9.17, 15) is 4.39 Å². The van der Waals surface area contributed by atoms with Crippen molar-refractivity contribution in [2.45, 2.75) is 122 Å². The highest BCUT2D eigenvalue weighted by molar-refractivity contribution is 5.26. The summed E-state index contributed by atoms with van der Waals surface area (Å²) in [5.41, 5.74) is 3.08. The zero-order valence-corrected chi connectivity index (χ0v) is 21.0. The van der Waals surface area contributed by atoms with Gasteiger partial charge in [0, 0.05) is 0 Å². The minimum Gasteiger partial charge on any atom is -0.195 e. The first-order valence-corrected chi connectivity index (χ1v) is 14.0. The molecule has 182 valence electrons. The van der Waals surface area contributed by atoms with Crippen LogP contribution >= 0.6 is 0 Å². The number of halogens is 1. The topological polar surface area (TPSA) is 23.8 Å². The molecule has 0 saturated heterocycles. The maximum absolute atomic E-state index is 12.9. The molecule has 2 aliphatic rings. The van der Waals surface area contributed by atoms with E-state index in [1.165, 1.54) is 108 Å². The Morgan fingerprint density at radius 2 is 1.39 bits per heavy atom. The Bertz CT molecular complexity index is 727. The van der Waals surface area contributed by atoms with Crippen LogP contribution in [0.3, 0.4) is 0 Å². The summed E-state index contributed by atoms with van der Waals surface area (Å²) in [4.78, 5) is 0. The Hall–Kier alpha value is -1.62. The highest BCUT2D eigenvalue weighted by Gasteiger charge is 2.23. The lowest BCUT2D eigenvalue weighted by molar-refractivity contribution is 0.244. The normalized spacial score (nSPS) is 26.2. The number of unbranched alkanes of at least 4 members (excludes halogenated alkanes) is 2. The first-order valence-electron chi connectivity index (χ1n) is 14.0. The number of hydrogen-bond donors (Lipinski definition) is 0. The predicted octanol–water partition coefficient (Wildman–Crippen LogP) is 9.83. The van der Waals surface area contributed by atoms with Crippen LogP contribution in [0.25, 0.3) is 0 Å². The van der Waals surface area contributed by atoms with Crippen molar-refractivity contribution in [3.8, 4) is 6.07 Å². The first kappa shape index (κ1) is 26.0. The number of rotatable bonds is 12. The van der Waals surface area contributed by atoms with Crippen LogP contribution in [0.2, 0.25) is 0 Å². The van der Waals surface area contributed by atoms with Crippen LogP contribution in [0.1, 0.15) is 127 Å². The van der Waals surface area contributed by atoms with Gasteiger partial charge in [0.05, 0.1) is 0 Å². The Morgan fingerprint density at radius 3 is 1.94 bits per heavy atom. The zero-order valence-electron chi connectivity index (χ0n) is 21.0. The van der Waals surface area contributed by atoms with Crippen molar-refractivity contribution in [1.82, 2.24) is 0 Å². The molecular weight excluding hydrogens is 405 g/mol. The lowest BCUT2D eigenvalue weighted by atomic mass is 9.76. The summed E-state index contributed by atoms with van der Waals surface area (Å²) in [5, 5.41) is 8.49. The van der Waals surface area contributed by atoms with Crippen molar-refractivity contribution in [3.63, 3.8) is 0 Å². The fraction of sp³-hybridized carbons (Fsp3) is 0.710. The van der Waals surface area contributed by atoms with Crippen molar-refractivity contribution >= 4 is 0 Å². The van der Waals surface area contributed by atoms with Gasteiger partial charge in [-0.05, 0) is 92.2 Å². The highest BCUT2D eigenvalue weighted by atomic mass is 19.1. The Labute approximate surface area is 202 Å². The van der Waals surface area contributed by atoms with E-state index in [1.807, 2.05) is 0 Å². The van der Waals surface area contributed by atoms with Gasteiger partial charge < -0.3 is 0 Å². The molecule has 0 radical (unpaired) electrons. The summed E-state index contributed by atoms with van der Waals surface area (Å²) in [7, 11) is 0. The van der Waals surface area contributed by atoms with E-state index in [0.29, 0.717) is 0 Å². The summed E-state index contributed by atoms with van der Waals surface area (Å²) in [6.07, 6.45) is 23.7. The van der Waals surface area contributed by atoms with Crippen LogP contribution < -0.4 is 0 Å². The molecule has 0 bridgehead atoms. The van der Waals surface area contributed by atoms with Gasteiger partial charge in [-0.2, -0.15) is 9.65 Å². The largest absolute Gasteiger partial charge is 0.196 e. The summed E-state index contributed by atoms with van der Waals surface area (Å²) in [6.45, 7) is 2.27. The second kappa shape index (κ2) is 14.6. The van der Waals surface area contributed by atoms with Crippen molar-refractivity contribution in [2.24, 2.45) is 17.8 Å². The Morgan fingerprint density at radius 1 is 0.848 bits per heavy atom. The molecule has 0 N–H and O–H groups in total. The number of hydrogen-bond acceptors (Lipinski definition) is 1. The second-order valence-electron chi connectivity index (χ2n) is 11.0. The standard InChI is InChI=1S/C31H46FN/c1-2-3-7-25-16-20-29(21-17-25)30-22-18-27(19-23-30)9-5-4-8-26-12-14-28(15-13-26)10-6-11-31(32)24-33/h11,16-17,20-21,26-28,30H,2-10,12-15,18-19,22-23H2,1H3/b31-11-/t26-,27-,28-,30-. The fourth-order valence-electron chi connectivity index (χ4n) is 6.29. The van der Waals surface area contributed by atoms with E-state index in [2.05, 4.69) is 31.2 Å². The molecule has 2 heteroatoms. The molecule has 0 atom stereocenters. The third-order valence-corrected chi connectivity index (χ3v) is 8.56. The molecule has 2 fully saturated rings. The van der Waals surface area contributed by atoms with Crippen molar-refractivity contribution < 1.29 is 4.39 Å². The van der Waals surface area contributed by atoms with Gasteiger partial charge in [0.1, 0.15) is 6.07 Å². The average molecular weight is 452 g/mol. The molecule has 1 aromatic carbocycles. The number of aryl methyl sites for hydroxylation is 1. The van der Waals surface area contributed by atoms with Crippen LogP contribution in [0.15, 0.2) is 36.2 Å². The predicted molar refractivity (Wildman–Crippen MR) is 138 cm³/mol. The van der Waals surface area contributed by atoms with Gasteiger partial charge in [0.15, 0.2) is 5.83 Å². The molecular formula is C31H46FN. The number of nitriles is 1. The van der Waals surface area contributed by atoms with Crippen molar-refractivity contribution in [2.75, 3.05) is 0 Å². The van der Waals surface area contributed by atoms with Crippen LogP contribution in [-0.4, -0.2) is 0 Å². The van der Waals surface area contributed by atoms with Gasteiger partial charge in [-0.25, -0.2) is 0 Å². The first-order chi connectivity index (χ1) is 16.2. The van der Waals surface area contributed by atoms with Gasteiger partial charge in [-0.3, -0.25) is 0 Å². The highest BCUT2D eigenvalue weighted by Crippen LogP contribution is 2.39. The SMILES string of the molecule is CCCCc1ccc([C@H]2CC[C@H](CCCC[C@H]3CC[C@H](CC/C=C(\F)C#N)CC3)CC2)cc1. The average Bonchev–Trinajstić information content (AvgIpc) is 2.87. The van der Waals surface area contributed by atoms with Gasteiger partial charge in [0.25, 0.3) is 0 Å². The fourth-order valence-corrected chi connectivity index (χ4v) is 6.29. The molecule has 0 spiro atoms. The third-order valence-electron chi connectivity index (χ3n) is 8.56. The summed E-state index contributed by atoms with van der Waals surface area (Å²) < 4.78 is 12.9. The Balaban J connectivity index is 1.23. The van der Waals surface area contributed by atoms with E-state index in [1.54, 1.807) is 11.6 Å². The lowest BCUT2D eigenvalue weighted by Crippen LogP contribution is -2.15. The molecule has 2 aliphatic carbocycles. The van der Waals surface area contributed by atoms with Crippen LogP contribution in [-0.2, 0) is 6.42 Å². The maximum Gasteiger partial charge on any atom is 0.196 e. The molecule has 2 saturated carbocycles. The van der Waals surface area contributed by atoms with Gasteiger partial charge >= 0.3 is 0 Å². The van der Waals surface area contributed by atoms with Gasteiger partial charge in [-0.15, -0.1) is 0 Å². The molecule has 33 heavy (non-hydrogen) atoms. The van der Waals surface area contributed by atoms with Crippen LogP contribution in [0, 0.1) is 29.1 Å². The number of benzene rings is 1. The summed E-state index contributed by atoms with van der Waals surface area (Å²) in [6, 6.07) is 11.1. The van der Waals surface area contributed by atoms with Gasteiger partial charge in [-0.1, -0.05) is 89.0 Å². The van der Waals surface area contributed by atoms with Crippen LogP contribution in [0.4, 0.5) is 4.39 Å². The zero-order chi connectivity index (χ0) is 23.3. The molecule has 1 aromatic rings. The second-order valence-corrected chi connectivity index (χ2v) is 11.0.